The van der Waals surface area contributed by atoms with E-state index >= 15 is 0 Å². The summed E-state index contributed by atoms with van der Waals surface area (Å²) in [5, 5.41) is 6.30. The molecule has 4 rings (SSSR count). The fourth-order valence-corrected chi connectivity index (χ4v) is 4.14. The smallest absolute Gasteiger partial charge is 0.213 e. The molecule has 0 N–H and O–H groups in total. The van der Waals surface area contributed by atoms with Crippen molar-refractivity contribution in [2.75, 3.05) is 0 Å². The predicted molar refractivity (Wildman–Crippen MR) is 98.2 cm³/mol. The summed E-state index contributed by atoms with van der Waals surface area (Å²) in [4.78, 5) is 5.41. The highest BCUT2D eigenvalue weighted by Crippen LogP contribution is 2.31. The van der Waals surface area contributed by atoms with E-state index in [2.05, 4.69) is 26.0 Å². The number of aromatic nitrogens is 3. The van der Waals surface area contributed by atoms with Crippen LogP contribution in [-0.2, 0) is 6.42 Å². The molecule has 2 heterocycles. The Labute approximate surface area is 154 Å². The number of fused-ring (bicyclic) bond motifs is 1. The summed E-state index contributed by atoms with van der Waals surface area (Å²) in [6.07, 6.45) is 0.726. The number of hydrogen-bond acceptors (Lipinski definition) is 3. The van der Waals surface area contributed by atoms with Gasteiger partial charge in [0.15, 0.2) is 0 Å². The van der Waals surface area contributed by atoms with Crippen molar-refractivity contribution >= 4 is 43.8 Å². The van der Waals surface area contributed by atoms with Crippen LogP contribution in [0, 0.1) is 5.82 Å². The van der Waals surface area contributed by atoms with Gasteiger partial charge in [0.05, 0.1) is 0 Å². The van der Waals surface area contributed by atoms with E-state index in [0.29, 0.717) is 0 Å². The Morgan fingerprint density at radius 3 is 2.46 bits per heavy atom. The van der Waals surface area contributed by atoms with Crippen LogP contribution in [0.15, 0.2) is 53.1 Å². The zero-order chi connectivity index (χ0) is 16.7. The van der Waals surface area contributed by atoms with Gasteiger partial charge >= 0.3 is 0 Å². The van der Waals surface area contributed by atoms with Crippen LogP contribution >= 0.6 is 38.9 Å². The second-order valence-corrected chi connectivity index (χ2v) is 7.48. The summed E-state index contributed by atoms with van der Waals surface area (Å²) < 4.78 is 15.6. The zero-order valence-corrected chi connectivity index (χ0v) is 15.4. The Balaban J connectivity index is 1.67. The minimum absolute atomic E-state index is 0.265. The second kappa shape index (κ2) is 6.27. The van der Waals surface area contributed by atoms with E-state index in [0.717, 1.165) is 42.8 Å². The molecule has 0 fully saturated rings. The number of rotatable bonds is 3. The van der Waals surface area contributed by atoms with Crippen molar-refractivity contribution in [3.63, 3.8) is 0 Å². The Hall–Kier alpha value is -1.76. The van der Waals surface area contributed by atoms with E-state index in [1.54, 1.807) is 16.6 Å². The molecule has 0 amide bonds. The molecule has 0 saturated heterocycles. The minimum Gasteiger partial charge on any atom is -0.216 e. The molecular weight excluding hydrogens is 413 g/mol. The average Bonchev–Trinajstić information content (AvgIpc) is 3.10. The number of imidazole rings is 1. The fourth-order valence-electron chi connectivity index (χ4n) is 2.40. The third kappa shape index (κ3) is 2.97. The lowest BCUT2D eigenvalue weighted by Gasteiger charge is -1.99. The third-order valence-corrected chi connectivity index (χ3v) is 5.45. The summed E-state index contributed by atoms with van der Waals surface area (Å²) in [7, 11) is 0. The number of nitrogens with zero attached hydrogens (tertiary/aromatic N) is 3. The van der Waals surface area contributed by atoms with E-state index in [4.69, 9.17) is 11.6 Å². The van der Waals surface area contributed by atoms with Crippen molar-refractivity contribution < 1.29 is 4.39 Å². The van der Waals surface area contributed by atoms with Gasteiger partial charge in [-0.3, -0.25) is 0 Å². The lowest BCUT2D eigenvalue weighted by molar-refractivity contribution is 0.628. The molecule has 24 heavy (non-hydrogen) atoms. The molecule has 0 aliphatic heterocycles. The first-order valence-corrected chi connectivity index (χ1v) is 9.13. The summed E-state index contributed by atoms with van der Waals surface area (Å²) >= 11 is 11.0. The van der Waals surface area contributed by atoms with Crippen molar-refractivity contribution in [1.82, 2.24) is 14.6 Å². The summed E-state index contributed by atoms with van der Waals surface area (Å²) in [6.45, 7) is 0. The van der Waals surface area contributed by atoms with Gasteiger partial charge in [-0.05, 0) is 57.9 Å². The Kier molecular flexibility index (Phi) is 4.12. The first kappa shape index (κ1) is 15.7. The Bertz CT molecular complexity index is 1010. The summed E-state index contributed by atoms with van der Waals surface area (Å²) in [6, 6.07) is 14.0. The van der Waals surface area contributed by atoms with Crippen LogP contribution < -0.4 is 0 Å². The van der Waals surface area contributed by atoms with E-state index < -0.39 is 0 Å². The molecule has 0 bridgehead atoms. The second-order valence-electron chi connectivity index (χ2n) is 5.25. The van der Waals surface area contributed by atoms with Crippen LogP contribution in [0.25, 0.3) is 16.2 Å². The molecular formula is C17H10BrClFN3S. The molecule has 2 aromatic heterocycles. The third-order valence-electron chi connectivity index (χ3n) is 3.58. The largest absolute Gasteiger partial charge is 0.216 e. The van der Waals surface area contributed by atoms with Gasteiger partial charge in [0.1, 0.15) is 21.1 Å². The predicted octanol–water partition coefficient (Wildman–Crippen LogP) is 5.60. The molecule has 0 aliphatic rings. The van der Waals surface area contributed by atoms with E-state index in [9.17, 15) is 4.39 Å². The minimum atomic E-state index is -0.265. The molecule has 4 aromatic rings. The molecule has 2 aromatic carbocycles. The van der Waals surface area contributed by atoms with Gasteiger partial charge in [0.25, 0.3) is 0 Å². The molecule has 0 saturated carbocycles. The standard InChI is InChI=1S/C17H10BrClFN3S/c18-16-15(11-3-7-13(20)8-4-11)21-17-23(16)22-14(24-17)9-10-1-5-12(19)6-2-10/h1-8H,9H2. The van der Waals surface area contributed by atoms with Gasteiger partial charge in [-0.1, -0.05) is 35.1 Å². The van der Waals surface area contributed by atoms with Crippen LogP contribution in [0.5, 0.6) is 0 Å². The lowest BCUT2D eigenvalue weighted by Crippen LogP contribution is -1.91. The number of benzene rings is 2. The lowest BCUT2D eigenvalue weighted by atomic mass is 10.2. The van der Waals surface area contributed by atoms with Crippen LogP contribution in [0.1, 0.15) is 10.6 Å². The molecule has 3 nitrogen and oxygen atoms in total. The summed E-state index contributed by atoms with van der Waals surface area (Å²) in [5.41, 5.74) is 2.75. The van der Waals surface area contributed by atoms with Crippen LogP contribution in [0.2, 0.25) is 5.02 Å². The quantitative estimate of drug-likeness (QED) is 0.430. The van der Waals surface area contributed by atoms with Crippen LogP contribution in [0.4, 0.5) is 4.39 Å². The maximum atomic E-state index is 13.1. The molecule has 0 spiro atoms. The van der Waals surface area contributed by atoms with Crippen LogP contribution in [-0.4, -0.2) is 14.6 Å². The van der Waals surface area contributed by atoms with Gasteiger partial charge in [-0.2, -0.15) is 9.61 Å². The Morgan fingerprint density at radius 1 is 1.08 bits per heavy atom. The van der Waals surface area contributed by atoms with Gasteiger partial charge in [0.2, 0.25) is 4.96 Å². The van der Waals surface area contributed by atoms with Crippen molar-refractivity contribution in [1.29, 1.82) is 0 Å². The van der Waals surface area contributed by atoms with Crippen LogP contribution in [0.3, 0.4) is 0 Å². The zero-order valence-electron chi connectivity index (χ0n) is 12.2. The summed E-state index contributed by atoms with van der Waals surface area (Å²) in [5.74, 6) is -0.265. The fraction of sp³-hybridized carbons (Fsp3) is 0.0588. The molecule has 7 heteroatoms. The molecule has 0 atom stereocenters. The first-order chi connectivity index (χ1) is 11.6. The highest BCUT2D eigenvalue weighted by atomic mass is 79.9. The Morgan fingerprint density at radius 2 is 1.79 bits per heavy atom. The monoisotopic (exact) mass is 421 g/mol. The highest BCUT2D eigenvalue weighted by molar-refractivity contribution is 9.10. The molecule has 0 radical (unpaired) electrons. The van der Waals surface area contributed by atoms with Crippen molar-refractivity contribution in [2.24, 2.45) is 0 Å². The van der Waals surface area contributed by atoms with Gasteiger partial charge in [0, 0.05) is 17.0 Å². The topological polar surface area (TPSA) is 30.2 Å². The molecule has 0 unspecified atom stereocenters. The van der Waals surface area contributed by atoms with Crippen molar-refractivity contribution in [2.45, 2.75) is 6.42 Å². The normalized spacial score (nSPS) is 11.3. The number of halogens is 3. The molecule has 0 aliphatic carbocycles. The van der Waals surface area contributed by atoms with Crippen molar-refractivity contribution in [3.8, 4) is 11.3 Å². The van der Waals surface area contributed by atoms with Crippen molar-refractivity contribution in [3.05, 3.63) is 74.5 Å². The van der Waals surface area contributed by atoms with Gasteiger partial charge < -0.3 is 0 Å². The maximum Gasteiger partial charge on any atom is 0.213 e. The highest BCUT2D eigenvalue weighted by Gasteiger charge is 2.16. The maximum absolute atomic E-state index is 13.1. The number of hydrogen-bond donors (Lipinski definition) is 0. The SMILES string of the molecule is Fc1ccc(-c2nc3sc(Cc4ccc(Cl)cc4)nn3c2Br)cc1. The molecule has 120 valence electrons. The van der Waals surface area contributed by atoms with E-state index in [1.807, 2.05) is 24.3 Å². The van der Waals surface area contributed by atoms with E-state index in [1.165, 1.54) is 23.5 Å². The average molecular weight is 423 g/mol. The first-order valence-electron chi connectivity index (χ1n) is 7.14. The van der Waals surface area contributed by atoms with Gasteiger partial charge in [-0.25, -0.2) is 9.37 Å². The van der Waals surface area contributed by atoms with E-state index in [-0.39, 0.29) is 5.82 Å². The van der Waals surface area contributed by atoms with Gasteiger partial charge in [-0.15, -0.1) is 0 Å².